The molecule has 7 heteroatoms. The lowest BCUT2D eigenvalue weighted by atomic mass is 10.2. The number of amides is 1. The molecule has 1 aromatic heterocycles. The Kier molecular flexibility index (Phi) is 5.81. The van der Waals surface area contributed by atoms with E-state index in [2.05, 4.69) is 36.4 Å². The number of aromatic nitrogens is 3. The van der Waals surface area contributed by atoms with E-state index in [0.717, 1.165) is 16.5 Å². The first-order chi connectivity index (χ1) is 10.1. The fourth-order valence-corrected chi connectivity index (χ4v) is 2.47. The molecule has 21 heavy (non-hydrogen) atoms. The fourth-order valence-electron chi connectivity index (χ4n) is 1.60. The van der Waals surface area contributed by atoms with Gasteiger partial charge >= 0.3 is 0 Å². The van der Waals surface area contributed by atoms with E-state index in [4.69, 9.17) is 0 Å². The van der Waals surface area contributed by atoms with Gasteiger partial charge in [-0.1, -0.05) is 46.7 Å². The second-order valence-electron chi connectivity index (χ2n) is 4.64. The number of H-pyrrole nitrogens is 1. The SMILES string of the molecule is CC[C@H](C)NC(=O)CSc1n[nH]c(-c2ccc(Br)cc2)n1. The van der Waals surface area contributed by atoms with E-state index in [0.29, 0.717) is 16.7 Å². The van der Waals surface area contributed by atoms with Crippen molar-refractivity contribution in [1.29, 1.82) is 0 Å². The van der Waals surface area contributed by atoms with Crippen LogP contribution in [0.15, 0.2) is 33.9 Å². The largest absolute Gasteiger partial charge is 0.353 e. The first-order valence-corrected chi connectivity index (χ1v) is 8.47. The topological polar surface area (TPSA) is 70.7 Å². The number of thioether (sulfide) groups is 1. The lowest BCUT2D eigenvalue weighted by Crippen LogP contribution is -2.33. The van der Waals surface area contributed by atoms with Crippen LogP contribution in [0.5, 0.6) is 0 Å². The number of nitrogens with one attached hydrogen (secondary N) is 2. The van der Waals surface area contributed by atoms with Gasteiger partial charge in [0.1, 0.15) is 0 Å². The minimum absolute atomic E-state index is 0.00402. The molecule has 0 unspecified atom stereocenters. The van der Waals surface area contributed by atoms with Gasteiger partial charge in [-0.05, 0) is 25.5 Å². The van der Waals surface area contributed by atoms with Crippen LogP contribution >= 0.6 is 27.7 Å². The maximum Gasteiger partial charge on any atom is 0.230 e. The predicted molar refractivity (Wildman–Crippen MR) is 88.1 cm³/mol. The molecule has 1 amide bonds. The third kappa shape index (κ3) is 4.86. The van der Waals surface area contributed by atoms with Crippen LogP contribution in [0.3, 0.4) is 0 Å². The number of carbonyl (C=O) groups excluding carboxylic acids is 1. The molecule has 0 bridgehead atoms. The van der Waals surface area contributed by atoms with Crippen molar-refractivity contribution >= 4 is 33.6 Å². The molecule has 0 radical (unpaired) electrons. The summed E-state index contributed by atoms with van der Waals surface area (Å²) in [4.78, 5) is 16.1. The van der Waals surface area contributed by atoms with Crippen molar-refractivity contribution in [1.82, 2.24) is 20.5 Å². The third-order valence-electron chi connectivity index (χ3n) is 2.93. The first kappa shape index (κ1) is 16.0. The summed E-state index contributed by atoms with van der Waals surface area (Å²) < 4.78 is 1.02. The lowest BCUT2D eigenvalue weighted by molar-refractivity contribution is -0.119. The second kappa shape index (κ2) is 7.61. The van der Waals surface area contributed by atoms with Crippen LogP contribution < -0.4 is 5.32 Å². The highest BCUT2D eigenvalue weighted by Crippen LogP contribution is 2.21. The molecule has 0 aliphatic carbocycles. The Balaban J connectivity index is 1.91. The van der Waals surface area contributed by atoms with E-state index in [1.165, 1.54) is 11.8 Å². The van der Waals surface area contributed by atoms with Gasteiger partial charge in [-0.3, -0.25) is 9.89 Å². The zero-order valence-corrected chi connectivity index (χ0v) is 14.3. The molecule has 0 saturated heterocycles. The molecule has 1 heterocycles. The molecular weight excluding hydrogens is 352 g/mol. The van der Waals surface area contributed by atoms with Crippen LogP contribution in [0.1, 0.15) is 20.3 Å². The minimum atomic E-state index is 0.00402. The number of rotatable bonds is 6. The highest BCUT2D eigenvalue weighted by Gasteiger charge is 2.10. The molecule has 0 spiro atoms. The molecule has 2 aromatic rings. The van der Waals surface area contributed by atoms with Gasteiger partial charge in [-0.2, -0.15) is 0 Å². The van der Waals surface area contributed by atoms with Crippen LogP contribution in [-0.4, -0.2) is 32.9 Å². The summed E-state index contributed by atoms with van der Waals surface area (Å²) in [6, 6.07) is 8.00. The van der Waals surface area contributed by atoms with E-state index < -0.39 is 0 Å². The molecular formula is C14H17BrN4OS. The Hall–Kier alpha value is -1.34. The predicted octanol–water partition coefficient (Wildman–Crippen LogP) is 3.24. The van der Waals surface area contributed by atoms with E-state index in [1.54, 1.807) is 0 Å². The quantitative estimate of drug-likeness (QED) is 0.767. The molecule has 0 aliphatic rings. The number of halogens is 1. The van der Waals surface area contributed by atoms with Gasteiger partial charge in [0.15, 0.2) is 5.82 Å². The maximum absolute atomic E-state index is 11.7. The Morgan fingerprint density at radius 1 is 1.43 bits per heavy atom. The molecule has 1 aromatic carbocycles. The normalized spacial score (nSPS) is 12.1. The average Bonchev–Trinajstić information content (AvgIpc) is 2.94. The van der Waals surface area contributed by atoms with Crippen LogP contribution in [0.4, 0.5) is 0 Å². The zero-order chi connectivity index (χ0) is 15.2. The van der Waals surface area contributed by atoms with Crippen LogP contribution in [-0.2, 0) is 4.79 Å². The van der Waals surface area contributed by atoms with Crippen LogP contribution in [0.2, 0.25) is 0 Å². The Labute approximate surface area is 136 Å². The number of hydrogen-bond donors (Lipinski definition) is 2. The smallest absolute Gasteiger partial charge is 0.230 e. The maximum atomic E-state index is 11.7. The van der Waals surface area contributed by atoms with Crippen molar-refractivity contribution in [3.05, 3.63) is 28.7 Å². The van der Waals surface area contributed by atoms with Crippen molar-refractivity contribution in [2.24, 2.45) is 0 Å². The van der Waals surface area contributed by atoms with Gasteiger partial charge in [-0.15, -0.1) is 5.10 Å². The van der Waals surface area contributed by atoms with Gasteiger partial charge in [-0.25, -0.2) is 4.98 Å². The molecule has 1 atom stereocenters. The second-order valence-corrected chi connectivity index (χ2v) is 6.50. The number of hydrogen-bond acceptors (Lipinski definition) is 4. The standard InChI is InChI=1S/C14H17BrN4OS/c1-3-9(2)16-12(20)8-21-14-17-13(18-19-14)10-4-6-11(15)7-5-10/h4-7,9H,3,8H2,1-2H3,(H,16,20)(H,17,18,19)/t9-/m0/s1. The van der Waals surface area contributed by atoms with Gasteiger partial charge in [0.05, 0.1) is 5.75 Å². The first-order valence-electron chi connectivity index (χ1n) is 6.69. The summed E-state index contributed by atoms with van der Waals surface area (Å²) in [7, 11) is 0. The monoisotopic (exact) mass is 368 g/mol. The van der Waals surface area contributed by atoms with Crippen LogP contribution in [0, 0.1) is 0 Å². The molecule has 2 N–H and O–H groups in total. The summed E-state index contributed by atoms with van der Waals surface area (Å²) in [5.41, 5.74) is 0.960. The molecule has 112 valence electrons. The molecule has 0 saturated carbocycles. The number of carbonyl (C=O) groups is 1. The summed E-state index contributed by atoms with van der Waals surface area (Å²) in [6.07, 6.45) is 0.921. The minimum Gasteiger partial charge on any atom is -0.353 e. The summed E-state index contributed by atoms with van der Waals surface area (Å²) in [5.74, 6) is 1.03. The van der Waals surface area contributed by atoms with E-state index in [9.17, 15) is 4.79 Å². The van der Waals surface area contributed by atoms with E-state index in [1.807, 2.05) is 38.1 Å². The van der Waals surface area contributed by atoms with Gasteiger partial charge in [0, 0.05) is 16.1 Å². The lowest BCUT2D eigenvalue weighted by Gasteiger charge is -2.09. The third-order valence-corrected chi connectivity index (χ3v) is 4.31. The van der Waals surface area contributed by atoms with Crippen molar-refractivity contribution in [2.45, 2.75) is 31.5 Å². The number of aromatic amines is 1. The Morgan fingerprint density at radius 3 is 2.81 bits per heavy atom. The highest BCUT2D eigenvalue weighted by molar-refractivity contribution is 9.10. The Morgan fingerprint density at radius 2 is 2.14 bits per heavy atom. The van der Waals surface area contributed by atoms with Crippen LogP contribution in [0.25, 0.3) is 11.4 Å². The number of nitrogens with zero attached hydrogens (tertiary/aromatic N) is 2. The van der Waals surface area contributed by atoms with Crippen molar-refractivity contribution < 1.29 is 4.79 Å². The summed E-state index contributed by atoms with van der Waals surface area (Å²) >= 11 is 4.72. The van der Waals surface area contributed by atoms with E-state index >= 15 is 0 Å². The molecule has 2 rings (SSSR count). The van der Waals surface area contributed by atoms with Gasteiger partial charge in [0.25, 0.3) is 0 Å². The van der Waals surface area contributed by atoms with Gasteiger partial charge in [0.2, 0.25) is 11.1 Å². The Bertz CT molecular complexity index is 599. The average molecular weight is 369 g/mol. The number of benzene rings is 1. The van der Waals surface area contributed by atoms with Crippen molar-refractivity contribution in [3.63, 3.8) is 0 Å². The summed E-state index contributed by atoms with van der Waals surface area (Å²) in [5, 5.41) is 10.5. The van der Waals surface area contributed by atoms with Crippen molar-refractivity contribution in [2.75, 3.05) is 5.75 Å². The fraction of sp³-hybridized carbons (Fsp3) is 0.357. The molecule has 0 aliphatic heterocycles. The van der Waals surface area contributed by atoms with Crippen molar-refractivity contribution in [3.8, 4) is 11.4 Å². The van der Waals surface area contributed by atoms with E-state index in [-0.39, 0.29) is 11.9 Å². The molecule has 5 nitrogen and oxygen atoms in total. The summed E-state index contributed by atoms with van der Waals surface area (Å²) in [6.45, 7) is 4.03. The highest BCUT2D eigenvalue weighted by atomic mass is 79.9. The molecule has 0 fully saturated rings. The van der Waals surface area contributed by atoms with Gasteiger partial charge < -0.3 is 5.32 Å². The zero-order valence-electron chi connectivity index (χ0n) is 11.9.